The molecule has 0 spiro atoms. The van der Waals surface area contributed by atoms with E-state index < -0.39 is 17.8 Å². The summed E-state index contributed by atoms with van der Waals surface area (Å²) in [5.41, 5.74) is -0.532. The van der Waals surface area contributed by atoms with Crippen molar-refractivity contribution in [3.63, 3.8) is 0 Å². The van der Waals surface area contributed by atoms with Crippen molar-refractivity contribution < 1.29 is 18.0 Å². The molecule has 0 heterocycles. The second-order valence-corrected chi connectivity index (χ2v) is 4.84. The van der Waals surface area contributed by atoms with Gasteiger partial charge in [0.05, 0.1) is 11.6 Å². The van der Waals surface area contributed by atoms with Crippen LogP contribution in [-0.4, -0.2) is 17.9 Å². The molecule has 1 atom stereocenters. The van der Waals surface area contributed by atoms with Crippen molar-refractivity contribution >= 4 is 5.78 Å². The van der Waals surface area contributed by atoms with Crippen molar-refractivity contribution in [1.29, 1.82) is 0 Å². The van der Waals surface area contributed by atoms with E-state index in [1.54, 1.807) is 6.07 Å². The SMILES string of the molecule is CC(=O)[C@H](Cc1ccccc1C(F)(F)F)NC(C)C. The van der Waals surface area contributed by atoms with E-state index in [9.17, 15) is 18.0 Å². The first kappa shape index (κ1) is 15.7. The lowest BCUT2D eigenvalue weighted by Crippen LogP contribution is -2.41. The molecule has 0 radical (unpaired) electrons. The largest absolute Gasteiger partial charge is 0.416 e. The van der Waals surface area contributed by atoms with Gasteiger partial charge in [0.15, 0.2) is 0 Å². The molecule has 0 aromatic heterocycles. The summed E-state index contributed by atoms with van der Waals surface area (Å²) in [6, 6.07) is 4.81. The van der Waals surface area contributed by atoms with Gasteiger partial charge in [0.2, 0.25) is 0 Å². The molecule has 0 aliphatic carbocycles. The van der Waals surface area contributed by atoms with Crippen LogP contribution in [0.15, 0.2) is 24.3 Å². The average molecular weight is 273 g/mol. The number of rotatable bonds is 5. The van der Waals surface area contributed by atoms with Crippen LogP contribution < -0.4 is 5.32 Å². The van der Waals surface area contributed by atoms with Gasteiger partial charge in [-0.15, -0.1) is 0 Å². The van der Waals surface area contributed by atoms with Gasteiger partial charge < -0.3 is 5.32 Å². The minimum absolute atomic E-state index is 0.0342. The van der Waals surface area contributed by atoms with Crippen molar-refractivity contribution in [2.45, 2.75) is 45.5 Å². The van der Waals surface area contributed by atoms with Gasteiger partial charge in [0.25, 0.3) is 0 Å². The molecule has 0 saturated carbocycles. The van der Waals surface area contributed by atoms with Crippen LogP contribution in [0, 0.1) is 0 Å². The van der Waals surface area contributed by atoms with E-state index in [4.69, 9.17) is 0 Å². The molecule has 2 nitrogen and oxygen atoms in total. The van der Waals surface area contributed by atoms with Gasteiger partial charge in [-0.3, -0.25) is 4.79 Å². The Morgan fingerprint density at radius 2 is 1.84 bits per heavy atom. The third kappa shape index (κ3) is 4.67. The summed E-state index contributed by atoms with van der Waals surface area (Å²) in [5, 5.41) is 2.99. The van der Waals surface area contributed by atoms with E-state index in [1.165, 1.54) is 19.1 Å². The van der Waals surface area contributed by atoms with Crippen molar-refractivity contribution in [2.75, 3.05) is 0 Å². The summed E-state index contributed by atoms with van der Waals surface area (Å²) in [4.78, 5) is 11.5. The number of alkyl halides is 3. The van der Waals surface area contributed by atoms with E-state index in [0.29, 0.717) is 0 Å². The number of hydrogen-bond acceptors (Lipinski definition) is 2. The number of hydrogen-bond donors (Lipinski definition) is 1. The zero-order valence-corrected chi connectivity index (χ0v) is 11.2. The van der Waals surface area contributed by atoms with Gasteiger partial charge in [-0.05, 0) is 25.0 Å². The highest BCUT2D eigenvalue weighted by Gasteiger charge is 2.33. The van der Waals surface area contributed by atoms with Crippen LogP contribution in [-0.2, 0) is 17.4 Å². The van der Waals surface area contributed by atoms with Crippen LogP contribution in [0.3, 0.4) is 0 Å². The van der Waals surface area contributed by atoms with E-state index >= 15 is 0 Å². The van der Waals surface area contributed by atoms with Crippen LogP contribution in [0.25, 0.3) is 0 Å². The Bertz CT molecular complexity index is 441. The van der Waals surface area contributed by atoms with Gasteiger partial charge in [-0.2, -0.15) is 13.2 Å². The Hall–Kier alpha value is -1.36. The smallest absolute Gasteiger partial charge is 0.305 e. The normalized spacial score (nSPS) is 13.6. The molecule has 106 valence electrons. The number of carbonyl (C=O) groups is 1. The van der Waals surface area contributed by atoms with Crippen LogP contribution in [0.5, 0.6) is 0 Å². The maximum atomic E-state index is 12.9. The minimum atomic E-state index is -4.39. The third-order valence-electron chi connectivity index (χ3n) is 2.77. The standard InChI is InChI=1S/C14H18F3NO/c1-9(2)18-13(10(3)19)8-11-6-4-5-7-12(11)14(15,16)17/h4-7,9,13,18H,8H2,1-3H3/t13-/m0/s1. The average Bonchev–Trinajstić information content (AvgIpc) is 2.26. The van der Waals surface area contributed by atoms with Crippen LogP contribution in [0.2, 0.25) is 0 Å². The highest BCUT2D eigenvalue weighted by Crippen LogP contribution is 2.32. The number of Topliss-reactive ketones (excluding diaryl/α,β-unsaturated/α-hetero) is 1. The van der Waals surface area contributed by atoms with E-state index in [0.717, 1.165) is 6.07 Å². The Labute approximate surface area is 111 Å². The number of benzene rings is 1. The molecule has 1 aromatic rings. The summed E-state index contributed by atoms with van der Waals surface area (Å²) in [5.74, 6) is -0.161. The maximum absolute atomic E-state index is 12.9. The van der Waals surface area contributed by atoms with E-state index in [2.05, 4.69) is 5.32 Å². The third-order valence-corrected chi connectivity index (χ3v) is 2.77. The van der Waals surface area contributed by atoms with Gasteiger partial charge in [-0.1, -0.05) is 32.0 Å². The minimum Gasteiger partial charge on any atom is -0.305 e. The Kier molecular flexibility index (Phi) is 5.11. The summed E-state index contributed by atoms with van der Waals surface area (Å²) in [6.45, 7) is 5.09. The molecule has 0 aliphatic rings. The van der Waals surface area contributed by atoms with Crippen LogP contribution >= 0.6 is 0 Å². The zero-order chi connectivity index (χ0) is 14.6. The fourth-order valence-corrected chi connectivity index (χ4v) is 1.92. The lowest BCUT2D eigenvalue weighted by molar-refractivity contribution is -0.138. The van der Waals surface area contributed by atoms with Crippen molar-refractivity contribution in [2.24, 2.45) is 0 Å². The quantitative estimate of drug-likeness (QED) is 0.892. The topological polar surface area (TPSA) is 29.1 Å². The molecule has 0 unspecified atom stereocenters. The first-order valence-electron chi connectivity index (χ1n) is 6.13. The summed E-state index contributed by atoms with van der Waals surface area (Å²) >= 11 is 0. The molecule has 1 rings (SSSR count). The second-order valence-electron chi connectivity index (χ2n) is 4.84. The molecule has 0 aliphatic heterocycles. The summed E-state index contributed by atoms with van der Waals surface area (Å²) < 4.78 is 38.6. The summed E-state index contributed by atoms with van der Waals surface area (Å²) in [7, 11) is 0. The lowest BCUT2D eigenvalue weighted by Gasteiger charge is -2.21. The zero-order valence-electron chi connectivity index (χ0n) is 11.2. The number of carbonyl (C=O) groups excluding carboxylic acids is 1. The fraction of sp³-hybridized carbons (Fsp3) is 0.500. The Balaban J connectivity index is 3.00. The highest BCUT2D eigenvalue weighted by molar-refractivity contribution is 5.81. The molecule has 5 heteroatoms. The molecule has 0 amide bonds. The van der Waals surface area contributed by atoms with Gasteiger partial charge in [-0.25, -0.2) is 0 Å². The molecule has 0 bridgehead atoms. The van der Waals surface area contributed by atoms with E-state index in [-0.39, 0.29) is 23.8 Å². The first-order chi connectivity index (χ1) is 8.71. The Morgan fingerprint density at radius 1 is 1.26 bits per heavy atom. The molecular weight excluding hydrogens is 255 g/mol. The molecular formula is C14H18F3NO. The van der Waals surface area contributed by atoms with Gasteiger partial charge in [0.1, 0.15) is 5.78 Å². The number of halogens is 3. The number of nitrogens with one attached hydrogen (secondary N) is 1. The number of ketones is 1. The lowest BCUT2D eigenvalue weighted by atomic mass is 9.97. The molecule has 19 heavy (non-hydrogen) atoms. The maximum Gasteiger partial charge on any atom is 0.416 e. The van der Waals surface area contributed by atoms with Crippen LogP contribution in [0.4, 0.5) is 13.2 Å². The molecule has 1 aromatic carbocycles. The Morgan fingerprint density at radius 3 is 2.32 bits per heavy atom. The predicted molar refractivity (Wildman–Crippen MR) is 67.9 cm³/mol. The van der Waals surface area contributed by atoms with Gasteiger partial charge >= 0.3 is 6.18 Å². The molecule has 0 saturated heterocycles. The van der Waals surface area contributed by atoms with Crippen molar-refractivity contribution in [3.05, 3.63) is 35.4 Å². The van der Waals surface area contributed by atoms with Gasteiger partial charge in [0, 0.05) is 6.04 Å². The highest BCUT2D eigenvalue weighted by atomic mass is 19.4. The first-order valence-corrected chi connectivity index (χ1v) is 6.13. The summed E-state index contributed by atoms with van der Waals surface area (Å²) in [6.07, 6.45) is -4.35. The van der Waals surface area contributed by atoms with Crippen molar-refractivity contribution in [1.82, 2.24) is 5.32 Å². The molecule has 0 fully saturated rings. The second kappa shape index (κ2) is 6.19. The molecule has 1 N–H and O–H groups in total. The monoisotopic (exact) mass is 273 g/mol. The van der Waals surface area contributed by atoms with Crippen LogP contribution in [0.1, 0.15) is 31.9 Å². The van der Waals surface area contributed by atoms with E-state index in [1.807, 2.05) is 13.8 Å². The van der Waals surface area contributed by atoms with Crippen molar-refractivity contribution in [3.8, 4) is 0 Å². The fourth-order valence-electron chi connectivity index (χ4n) is 1.92. The predicted octanol–water partition coefficient (Wildman–Crippen LogP) is 3.20.